The van der Waals surface area contributed by atoms with Crippen LogP contribution in [0.25, 0.3) is 0 Å². The Morgan fingerprint density at radius 1 is 0.756 bits per heavy atom. The van der Waals surface area contributed by atoms with Crippen LogP contribution in [-0.2, 0) is 11.1 Å². The topological polar surface area (TPSA) is 6.48 Å². The fourth-order valence-corrected chi connectivity index (χ4v) is 8.01. The molecule has 0 amide bonds. The summed E-state index contributed by atoms with van der Waals surface area (Å²) in [6.07, 6.45) is 1.79. The molecule has 0 radical (unpaired) electrons. The molecule has 3 aliphatic heterocycles. The third-order valence-electron chi connectivity index (χ3n) is 10.1. The van der Waals surface area contributed by atoms with Crippen molar-refractivity contribution in [2.75, 3.05) is 9.80 Å². The van der Waals surface area contributed by atoms with Crippen molar-refractivity contribution >= 4 is 51.5 Å². The second-order valence-corrected chi connectivity index (χ2v) is 13.7. The highest BCUT2D eigenvalue weighted by Gasteiger charge is 2.68. The largest absolute Gasteiger partial charge is 0.311 e. The molecule has 0 bridgehead atoms. The van der Waals surface area contributed by atoms with Crippen molar-refractivity contribution < 1.29 is 8.78 Å². The van der Waals surface area contributed by atoms with Gasteiger partial charge in [-0.2, -0.15) is 0 Å². The molecule has 2 atom stereocenters. The average molecular weight is 544 g/mol. The maximum absolute atomic E-state index is 17.7. The quantitative estimate of drug-likeness (QED) is 0.157. The fraction of sp³-hybridized carbons (Fsp3) is 0.333. The Bertz CT molecular complexity index is 1760. The van der Waals surface area contributed by atoms with Gasteiger partial charge >= 0.3 is 0 Å². The van der Waals surface area contributed by atoms with Crippen LogP contribution in [-0.4, -0.2) is 12.5 Å². The lowest BCUT2D eigenvalue weighted by Gasteiger charge is -2.48. The van der Waals surface area contributed by atoms with Crippen LogP contribution in [0.4, 0.5) is 37.2 Å². The molecule has 0 aromatic heterocycles. The van der Waals surface area contributed by atoms with E-state index in [0.717, 1.165) is 44.9 Å². The number of halogens is 2. The normalized spacial score (nSPS) is 23.6. The second kappa shape index (κ2) is 8.03. The van der Waals surface area contributed by atoms with Crippen LogP contribution < -0.4 is 26.2 Å². The highest BCUT2D eigenvalue weighted by atomic mass is 19.2. The minimum atomic E-state index is -2.11. The highest BCUT2D eigenvalue weighted by Crippen LogP contribution is 2.63. The third-order valence-corrected chi connectivity index (χ3v) is 10.1. The van der Waals surface area contributed by atoms with Gasteiger partial charge in [-0.25, -0.2) is 8.78 Å². The first kappa shape index (κ1) is 25.1. The summed E-state index contributed by atoms with van der Waals surface area (Å²) in [7, 11) is 0. The van der Waals surface area contributed by atoms with Gasteiger partial charge in [0.2, 0.25) is 5.79 Å². The van der Waals surface area contributed by atoms with Gasteiger partial charge in [0.1, 0.15) is 0 Å². The van der Waals surface area contributed by atoms with Crippen LogP contribution >= 0.6 is 0 Å². The lowest BCUT2D eigenvalue weighted by Crippen LogP contribution is -2.64. The molecule has 4 aromatic carbocycles. The second-order valence-electron chi connectivity index (χ2n) is 13.7. The molecule has 2 nitrogen and oxygen atoms in total. The van der Waals surface area contributed by atoms with E-state index in [-0.39, 0.29) is 25.0 Å². The zero-order chi connectivity index (χ0) is 28.5. The molecule has 206 valence electrons. The molecule has 3 heterocycles. The van der Waals surface area contributed by atoms with Gasteiger partial charge in [-0.05, 0) is 90.8 Å². The number of rotatable bonds is 1. The number of benzene rings is 4. The van der Waals surface area contributed by atoms with Crippen molar-refractivity contribution in [1.82, 2.24) is 0 Å². The lowest BCUT2D eigenvalue weighted by atomic mass is 9.33. The predicted octanol–water partition coefficient (Wildman–Crippen LogP) is 7.77. The summed E-state index contributed by atoms with van der Waals surface area (Å²) in [5, 5.41) is 0. The molecular weight excluding hydrogens is 509 g/mol. The number of aryl methyl sites for hydroxylation is 2. The van der Waals surface area contributed by atoms with Gasteiger partial charge in [0.15, 0.2) is 5.67 Å². The van der Waals surface area contributed by atoms with Gasteiger partial charge in [-0.3, -0.25) is 0 Å². The molecule has 1 saturated carbocycles. The van der Waals surface area contributed by atoms with Gasteiger partial charge in [0.05, 0.1) is 0 Å². The summed E-state index contributed by atoms with van der Waals surface area (Å²) >= 11 is 0. The van der Waals surface area contributed by atoms with Crippen LogP contribution in [0.1, 0.15) is 68.7 Å². The van der Waals surface area contributed by atoms with E-state index in [1.807, 2.05) is 12.1 Å². The van der Waals surface area contributed by atoms with Crippen molar-refractivity contribution in [2.45, 2.75) is 77.2 Å². The smallest absolute Gasteiger partial charge is 0.252 e. The fourth-order valence-electron chi connectivity index (χ4n) is 8.01. The first-order valence-electron chi connectivity index (χ1n) is 15.0. The third kappa shape index (κ3) is 3.13. The van der Waals surface area contributed by atoms with Crippen LogP contribution in [0.3, 0.4) is 0 Å². The number of nitrogens with zero attached hydrogens (tertiary/aromatic N) is 2. The standard InChI is InChI=1S/C36H35BF2N2/c1-22-11-14-25(15-12-22)40-29-16-13-23(2)19-28(29)37-27-10-8-9-26-33(27)41(36(39)18-7-6-17-35(26,36)38)31-21-24(34(3,4)5)20-30(40)32(31)37/h8-16,19-21H,6-7,17-18H2,1-5H3. The summed E-state index contributed by atoms with van der Waals surface area (Å²) < 4.78 is 34.9. The molecule has 4 aromatic rings. The summed E-state index contributed by atoms with van der Waals surface area (Å²) in [5.41, 5.74) is 9.93. The summed E-state index contributed by atoms with van der Waals surface area (Å²) in [6.45, 7) is 10.7. The number of hydrogen-bond acceptors (Lipinski definition) is 2. The number of alkyl halides is 2. The Morgan fingerprint density at radius 2 is 1.46 bits per heavy atom. The Balaban J connectivity index is 1.53. The van der Waals surface area contributed by atoms with Crippen LogP contribution in [0.2, 0.25) is 0 Å². The van der Waals surface area contributed by atoms with Crippen LogP contribution in [0, 0.1) is 13.8 Å². The van der Waals surface area contributed by atoms with Gasteiger partial charge in [0.25, 0.3) is 6.71 Å². The van der Waals surface area contributed by atoms with Gasteiger partial charge in [0, 0.05) is 40.4 Å². The van der Waals surface area contributed by atoms with E-state index in [0.29, 0.717) is 18.4 Å². The van der Waals surface area contributed by atoms with Crippen LogP contribution in [0.15, 0.2) is 72.8 Å². The Morgan fingerprint density at radius 3 is 2.22 bits per heavy atom. The minimum Gasteiger partial charge on any atom is -0.311 e. The first-order valence-corrected chi connectivity index (χ1v) is 15.0. The Kier molecular flexibility index (Phi) is 4.92. The van der Waals surface area contributed by atoms with E-state index in [4.69, 9.17) is 0 Å². The van der Waals surface area contributed by atoms with E-state index in [1.165, 1.54) is 16.6 Å². The molecule has 41 heavy (non-hydrogen) atoms. The molecular formula is C36H35BF2N2. The van der Waals surface area contributed by atoms with E-state index < -0.39 is 11.5 Å². The number of anilines is 5. The van der Waals surface area contributed by atoms with Crippen molar-refractivity contribution in [1.29, 1.82) is 0 Å². The number of para-hydroxylation sites is 1. The molecule has 8 rings (SSSR count). The summed E-state index contributed by atoms with van der Waals surface area (Å²) in [6, 6.07) is 25.7. The minimum absolute atomic E-state index is 0.107. The van der Waals surface area contributed by atoms with E-state index >= 15 is 8.78 Å². The number of fused-ring (bicyclic) bond motifs is 7. The molecule has 0 saturated heterocycles. The van der Waals surface area contributed by atoms with Gasteiger partial charge in [-0.15, -0.1) is 0 Å². The molecule has 2 unspecified atom stereocenters. The molecule has 0 N–H and O–H groups in total. The van der Waals surface area contributed by atoms with Crippen LogP contribution in [0.5, 0.6) is 0 Å². The van der Waals surface area contributed by atoms with Crippen molar-refractivity contribution in [3.8, 4) is 0 Å². The van der Waals surface area contributed by atoms with Crippen molar-refractivity contribution in [3.05, 3.63) is 95.1 Å². The predicted molar refractivity (Wildman–Crippen MR) is 168 cm³/mol. The van der Waals surface area contributed by atoms with E-state index in [9.17, 15) is 0 Å². The van der Waals surface area contributed by atoms with E-state index in [2.05, 4.69) is 100 Å². The zero-order valence-electron chi connectivity index (χ0n) is 24.5. The first-order chi connectivity index (χ1) is 19.5. The maximum Gasteiger partial charge on any atom is 0.252 e. The average Bonchev–Trinajstić information content (AvgIpc) is 3.15. The molecule has 5 heteroatoms. The molecule has 1 aliphatic carbocycles. The Hall–Kier alpha value is -3.60. The summed E-state index contributed by atoms with van der Waals surface area (Å²) in [4.78, 5) is 4.15. The maximum atomic E-state index is 17.7. The monoisotopic (exact) mass is 544 g/mol. The zero-order valence-corrected chi connectivity index (χ0v) is 24.5. The van der Waals surface area contributed by atoms with Crippen molar-refractivity contribution in [2.24, 2.45) is 0 Å². The van der Waals surface area contributed by atoms with Gasteiger partial charge in [-0.1, -0.05) is 74.4 Å². The van der Waals surface area contributed by atoms with Gasteiger partial charge < -0.3 is 9.80 Å². The molecule has 1 fully saturated rings. The van der Waals surface area contributed by atoms with Crippen molar-refractivity contribution in [3.63, 3.8) is 0 Å². The molecule has 4 aliphatic rings. The number of hydrogen-bond donors (Lipinski definition) is 0. The molecule has 0 spiro atoms. The summed E-state index contributed by atoms with van der Waals surface area (Å²) in [5.74, 6) is -2.11. The SMILES string of the molecule is Cc1ccc(N2c3ccc(C)cc3B3c4cccc5c4N(c4cc(C(C)(C)C)cc2c43)C2(F)CCCCC52F)cc1. The lowest BCUT2D eigenvalue weighted by molar-refractivity contribution is -0.0615. The Labute approximate surface area is 242 Å². The highest BCUT2D eigenvalue weighted by molar-refractivity contribution is 7.00. The van der Waals surface area contributed by atoms with E-state index in [1.54, 1.807) is 4.90 Å².